The minimum absolute atomic E-state index is 0.0537. The summed E-state index contributed by atoms with van der Waals surface area (Å²) >= 11 is 2.01. The molecule has 0 amide bonds. The predicted octanol–water partition coefficient (Wildman–Crippen LogP) is 1.80. The van der Waals surface area contributed by atoms with E-state index in [-0.39, 0.29) is 5.70 Å². The lowest BCUT2D eigenvalue weighted by molar-refractivity contribution is -0.138. The van der Waals surface area contributed by atoms with Crippen molar-refractivity contribution in [2.24, 2.45) is 0 Å². The van der Waals surface area contributed by atoms with Crippen molar-refractivity contribution in [2.75, 3.05) is 19.5 Å². The smallest absolute Gasteiger partial charge is 0.354 e. The molecule has 6 nitrogen and oxygen atoms in total. The molecule has 0 aliphatic carbocycles. The molecule has 0 spiro atoms. The number of nitrogens with one attached hydrogen (secondary N) is 1. The van der Waals surface area contributed by atoms with Crippen LogP contribution >= 0.6 is 22.6 Å². The van der Waals surface area contributed by atoms with Crippen LogP contribution in [0.15, 0.2) is 30.0 Å². The second-order valence-corrected chi connectivity index (χ2v) is 4.67. The van der Waals surface area contributed by atoms with Gasteiger partial charge in [-0.1, -0.05) is 0 Å². The van der Waals surface area contributed by atoms with Crippen LogP contribution in [0.5, 0.6) is 0 Å². The summed E-state index contributed by atoms with van der Waals surface area (Å²) in [5.74, 6) is -1.38. The lowest BCUT2D eigenvalue weighted by Crippen LogP contribution is -2.16. The minimum atomic E-state index is -0.699. The fourth-order valence-corrected chi connectivity index (χ4v) is 1.91. The molecule has 0 heterocycles. The van der Waals surface area contributed by atoms with Crippen LogP contribution in [-0.2, 0) is 19.1 Å². The van der Waals surface area contributed by atoms with Gasteiger partial charge in [0.25, 0.3) is 0 Å². The highest BCUT2D eigenvalue weighted by molar-refractivity contribution is 14.1. The molecule has 20 heavy (non-hydrogen) atoms. The first-order valence-electron chi connectivity index (χ1n) is 5.36. The summed E-state index contributed by atoms with van der Waals surface area (Å²) in [5, 5.41) is 11.6. The van der Waals surface area contributed by atoms with E-state index in [1.54, 1.807) is 18.2 Å². The topological polar surface area (TPSA) is 88.4 Å². The van der Waals surface area contributed by atoms with E-state index in [4.69, 9.17) is 5.26 Å². The Kier molecular flexibility index (Phi) is 5.99. The number of halogens is 1. The number of rotatable bonds is 4. The number of nitriles is 1. The summed E-state index contributed by atoms with van der Waals surface area (Å²) in [5.41, 5.74) is 1.02. The number of hydrogen-bond acceptors (Lipinski definition) is 6. The highest BCUT2D eigenvalue weighted by atomic mass is 127. The van der Waals surface area contributed by atoms with Gasteiger partial charge in [0.15, 0.2) is 0 Å². The molecular formula is C13H11IN2O4. The number of methoxy groups -OCH3 is 2. The van der Waals surface area contributed by atoms with E-state index in [0.29, 0.717) is 11.3 Å². The number of anilines is 1. The summed E-state index contributed by atoms with van der Waals surface area (Å²) in [6.45, 7) is 0. The molecule has 7 heteroatoms. The van der Waals surface area contributed by atoms with E-state index in [2.05, 4.69) is 14.8 Å². The van der Waals surface area contributed by atoms with Gasteiger partial charge in [0.2, 0.25) is 0 Å². The number of carbonyl (C=O) groups is 2. The summed E-state index contributed by atoms with van der Waals surface area (Å²) in [6.07, 6.45) is 1.00. The van der Waals surface area contributed by atoms with Crippen LogP contribution in [0.1, 0.15) is 5.56 Å². The molecule has 0 aliphatic rings. The van der Waals surface area contributed by atoms with Crippen LogP contribution in [0.4, 0.5) is 5.69 Å². The SMILES string of the molecule is COC(=O)/C=C(/Nc1ccc(C#N)cc1I)C(=O)OC. The maximum Gasteiger partial charge on any atom is 0.354 e. The molecule has 0 unspecified atom stereocenters. The molecule has 0 saturated carbocycles. The van der Waals surface area contributed by atoms with Crippen molar-refractivity contribution < 1.29 is 19.1 Å². The highest BCUT2D eigenvalue weighted by Gasteiger charge is 2.14. The Hall–Kier alpha value is -2.08. The lowest BCUT2D eigenvalue weighted by atomic mass is 10.2. The maximum atomic E-state index is 11.6. The van der Waals surface area contributed by atoms with Crippen molar-refractivity contribution in [3.8, 4) is 6.07 Å². The molecule has 0 aliphatic heterocycles. The Morgan fingerprint density at radius 3 is 2.55 bits per heavy atom. The van der Waals surface area contributed by atoms with Crippen LogP contribution < -0.4 is 5.32 Å². The fourth-order valence-electron chi connectivity index (χ4n) is 1.26. The maximum absolute atomic E-state index is 11.6. The molecule has 1 aromatic rings. The third-order valence-corrected chi connectivity index (χ3v) is 3.13. The molecule has 0 saturated heterocycles. The van der Waals surface area contributed by atoms with Gasteiger partial charge >= 0.3 is 11.9 Å². The summed E-state index contributed by atoms with van der Waals surface area (Å²) in [7, 11) is 2.41. The molecule has 0 radical (unpaired) electrons. The van der Waals surface area contributed by atoms with Crippen molar-refractivity contribution in [2.45, 2.75) is 0 Å². The molecule has 0 bridgehead atoms. The van der Waals surface area contributed by atoms with Gasteiger partial charge in [0.1, 0.15) is 5.70 Å². The first-order chi connectivity index (χ1) is 9.51. The first kappa shape index (κ1) is 16.0. The first-order valence-corrected chi connectivity index (χ1v) is 6.44. The summed E-state index contributed by atoms with van der Waals surface area (Å²) in [4.78, 5) is 22.8. The number of hydrogen-bond donors (Lipinski definition) is 1. The zero-order valence-electron chi connectivity index (χ0n) is 10.8. The average Bonchev–Trinajstić information content (AvgIpc) is 2.47. The number of ether oxygens (including phenoxy) is 2. The Morgan fingerprint density at radius 2 is 2.05 bits per heavy atom. The zero-order chi connectivity index (χ0) is 15.1. The number of carbonyl (C=O) groups excluding carboxylic acids is 2. The monoisotopic (exact) mass is 386 g/mol. The van der Waals surface area contributed by atoms with Crippen molar-refractivity contribution in [1.29, 1.82) is 5.26 Å². The number of benzene rings is 1. The molecule has 0 fully saturated rings. The summed E-state index contributed by atoms with van der Waals surface area (Å²) in [6, 6.07) is 6.89. The largest absolute Gasteiger partial charge is 0.466 e. The lowest BCUT2D eigenvalue weighted by Gasteiger charge is -2.10. The van der Waals surface area contributed by atoms with Crippen molar-refractivity contribution >= 4 is 40.2 Å². The summed E-state index contributed by atoms with van der Waals surface area (Å²) < 4.78 is 9.78. The van der Waals surface area contributed by atoms with Gasteiger partial charge in [0.05, 0.1) is 37.6 Å². The second-order valence-electron chi connectivity index (χ2n) is 3.50. The van der Waals surface area contributed by atoms with Crippen LogP contribution in [0.25, 0.3) is 0 Å². The normalized spacial score (nSPS) is 10.4. The highest BCUT2D eigenvalue weighted by Crippen LogP contribution is 2.21. The van der Waals surface area contributed by atoms with Gasteiger partial charge in [-0.2, -0.15) is 5.26 Å². The quantitative estimate of drug-likeness (QED) is 0.483. The Morgan fingerprint density at radius 1 is 1.35 bits per heavy atom. The average molecular weight is 386 g/mol. The van der Waals surface area contributed by atoms with Crippen molar-refractivity contribution in [1.82, 2.24) is 0 Å². The minimum Gasteiger partial charge on any atom is -0.466 e. The molecule has 0 aromatic heterocycles. The third-order valence-electron chi connectivity index (χ3n) is 2.24. The Bertz CT molecular complexity index is 605. The van der Waals surface area contributed by atoms with E-state index in [1.165, 1.54) is 14.2 Å². The van der Waals surface area contributed by atoms with Gasteiger partial charge in [-0.25, -0.2) is 9.59 Å². The molecular weight excluding hydrogens is 375 g/mol. The molecule has 0 atom stereocenters. The third kappa shape index (κ3) is 4.24. The second kappa shape index (κ2) is 7.49. The number of esters is 2. The zero-order valence-corrected chi connectivity index (χ0v) is 12.9. The molecule has 1 N–H and O–H groups in total. The van der Waals surface area contributed by atoms with Crippen molar-refractivity contribution in [3.63, 3.8) is 0 Å². The Labute approximate surface area is 129 Å². The van der Waals surface area contributed by atoms with Gasteiger partial charge in [0, 0.05) is 3.57 Å². The van der Waals surface area contributed by atoms with Gasteiger partial charge in [-0.15, -0.1) is 0 Å². The van der Waals surface area contributed by atoms with Gasteiger partial charge in [-0.3, -0.25) is 0 Å². The van der Waals surface area contributed by atoms with Gasteiger partial charge in [-0.05, 0) is 40.8 Å². The van der Waals surface area contributed by atoms with Crippen LogP contribution in [-0.4, -0.2) is 26.2 Å². The fraction of sp³-hybridized carbons (Fsp3) is 0.154. The van der Waals surface area contributed by atoms with Crippen LogP contribution in [0, 0.1) is 14.9 Å². The molecule has 1 aromatic carbocycles. The van der Waals surface area contributed by atoms with E-state index in [1.807, 2.05) is 28.7 Å². The van der Waals surface area contributed by atoms with Crippen LogP contribution in [0.2, 0.25) is 0 Å². The van der Waals surface area contributed by atoms with E-state index in [9.17, 15) is 9.59 Å². The number of nitrogens with zero attached hydrogens (tertiary/aromatic N) is 1. The molecule has 104 valence electrons. The van der Waals surface area contributed by atoms with Crippen molar-refractivity contribution in [3.05, 3.63) is 39.1 Å². The van der Waals surface area contributed by atoms with Crippen LogP contribution in [0.3, 0.4) is 0 Å². The standard InChI is InChI=1S/C13H11IN2O4/c1-19-12(17)6-11(13(18)20-2)16-10-4-3-8(7-15)5-9(10)14/h3-6,16H,1-2H3/b11-6+. The predicted molar refractivity (Wildman–Crippen MR) is 79.6 cm³/mol. The molecule has 1 rings (SSSR count). The van der Waals surface area contributed by atoms with E-state index >= 15 is 0 Å². The van der Waals surface area contributed by atoms with Gasteiger partial charge < -0.3 is 14.8 Å². The van der Waals surface area contributed by atoms with E-state index in [0.717, 1.165) is 9.65 Å². The van der Waals surface area contributed by atoms with E-state index < -0.39 is 11.9 Å². The Balaban J connectivity index is 3.08.